The van der Waals surface area contributed by atoms with E-state index in [4.69, 9.17) is 0 Å². The first-order chi connectivity index (χ1) is 10.7. The molecule has 0 saturated heterocycles. The van der Waals surface area contributed by atoms with Gasteiger partial charge in [-0.3, -0.25) is 9.59 Å². The second kappa shape index (κ2) is 6.59. The van der Waals surface area contributed by atoms with Crippen LogP contribution in [0.1, 0.15) is 0 Å². The molecule has 0 atom stereocenters. The third kappa shape index (κ3) is 4.90. The van der Waals surface area contributed by atoms with Gasteiger partial charge in [0.1, 0.15) is 18.9 Å². The Morgan fingerprint density at radius 1 is 1.13 bits per heavy atom. The minimum absolute atomic E-state index is 0.285. The summed E-state index contributed by atoms with van der Waals surface area (Å²) >= 11 is 0. The summed E-state index contributed by atoms with van der Waals surface area (Å²) in [4.78, 5) is 23.1. The highest BCUT2D eigenvalue weighted by Gasteiger charge is 2.27. The maximum atomic E-state index is 12.9. The lowest BCUT2D eigenvalue weighted by Gasteiger charge is -2.10. The summed E-state index contributed by atoms with van der Waals surface area (Å²) in [5, 5.41) is 5.55. The minimum Gasteiger partial charge on any atom is -0.345 e. The second-order valence-corrected chi connectivity index (χ2v) is 4.61. The molecule has 1 aromatic heterocycles. The van der Waals surface area contributed by atoms with Gasteiger partial charge in [0.15, 0.2) is 0 Å². The number of benzene rings is 1. The van der Waals surface area contributed by atoms with Crippen LogP contribution in [0.5, 0.6) is 0 Å². The van der Waals surface area contributed by atoms with Crippen LogP contribution in [-0.2, 0) is 11.3 Å². The van der Waals surface area contributed by atoms with Crippen molar-refractivity contribution in [1.82, 2.24) is 15.1 Å². The highest BCUT2D eigenvalue weighted by atomic mass is 19.4. The molecule has 0 aliphatic rings. The van der Waals surface area contributed by atoms with E-state index < -0.39 is 36.5 Å². The molecule has 1 heterocycles. The predicted octanol–water partition coefficient (Wildman–Crippen LogP) is 1.73. The molecular formula is C14H11F4N3O2. The molecule has 23 heavy (non-hydrogen) atoms. The van der Waals surface area contributed by atoms with Crippen molar-refractivity contribution >= 4 is 5.91 Å². The number of carbonyl (C=O) groups is 1. The van der Waals surface area contributed by atoms with E-state index in [1.165, 1.54) is 30.3 Å². The fraction of sp³-hybridized carbons (Fsp3) is 0.214. The number of aromatic nitrogens is 2. The van der Waals surface area contributed by atoms with Crippen LogP contribution in [0.15, 0.2) is 41.2 Å². The summed E-state index contributed by atoms with van der Waals surface area (Å²) < 4.78 is 49.7. The molecule has 2 aromatic rings. The number of hydrogen-bond donors (Lipinski definition) is 1. The van der Waals surface area contributed by atoms with Crippen molar-refractivity contribution in [3.8, 4) is 11.3 Å². The number of halogens is 4. The van der Waals surface area contributed by atoms with Crippen molar-refractivity contribution in [3.63, 3.8) is 0 Å². The molecule has 2 rings (SSSR count). The Balaban J connectivity index is 2.16. The Hall–Kier alpha value is -2.71. The SMILES string of the molecule is O=C(Cn1nc(-c2ccc(F)cc2)ccc1=O)NCC(F)(F)F. The quantitative estimate of drug-likeness (QED) is 0.869. The van der Waals surface area contributed by atoms with Crippen LogP contribution in [0.2, 0.25) is 0 Å². The summed E-state index contributed by atoms with van der Waals surface area (Å²) in [6, 6.07) is 7.75. The molecule has 0 aliphatic heterocycles. The topological polar surface area (TPSA) is 64.0 Å². The van der Waals surface area contributed by atoms with E-state index in [1.54, 1.807) is 5.32 Å². The van der Waals surface area contributed by atoms with Crippen LogP contribution >= 0.6 is 0 Å². The molecule has 5 nitrogen and oxygen atoms in total. The molecule has 1 aromatic carbocycles. The highest BCUT2D eigenvalue weighted by molar-refractivity contribution is 5.75. The molecule has 0 saturated carbocycles. The number of amides is 1. The van der Waals surface area contributed by atoms with Crippen molar-refractivity contribution in [2.75, 3.05) is 6.54 Å². The van der Waals surface area contributed by atoms with Crippen molar-refractivity contribution in [2.24, 2.45) is 0 Å². The largest absolute Gasteiger partial charge is 0.405 e. The van der Waals surface area contributed by atoms with Gasteiger partial charge in [-0.2, -0.15) is 18.3 Å². The molecule has 0 aliphatic carbocycles. The number of carbonyl (C=O) groups excluding carboxylic acids is 1. The number of hydrogen-bond acceptors (Lipinski definition) is 3. The van der Waals surface area contributed by atoms with Crippen LogP contribution in [0, 0.1) is 5.82 Å². The normalized spacial score (nSPS) is 11.3. The van der Waals surface area contributed by atoms with Gasteiger partial charge in [-0.25, -0.2) is 9.07 Å². The number of alkyl halides is 3. The standard InChI is InChI=1S/C14H11F4N3O2/c15-10-3-1-9(2-4-10)11-5-6-13(23)21(20-11)7-12(22)19-8-14(16,17)18/h1-6H,7-8H2,(H,19,22). The third-order valence-electron chi connectivity index (χ3n) is 2.79. The van der Waals surface area contributed by atoms with Crippen LogP contribution in [0.25, 0.3) is 11.3 Å². The zero-order chi connectivity index (χ0) is 17.0. The van der Waals surface area contributed by atoms with Gasteiger partial charge in [0.25, 0.3) is 5.56 Å². The molecule has 0 bridgehead atoms. The fourth-order valence-corrected chi connectivity index (χ4v) is 1.73. The third-order valence-corrected chi connectivity index (χ3v) is 2.79. The van der Waals surface area contributed by atoms with Gasteiger partial charge in [0, 0.05) is 11.6 Å². The van der Waals surface area contributed by atoms with E-state index in [9.17, 15) is 27.2 Å². The van der Waals surface area contributed by atoms with E-state index in [-0.39, 0.29) is 5.69 Å². The first-order valence-corrected chi connectivity index (χ1v) is 6.42. The Labute approximate surface area is 127 Å². The molecule has 0 fully saturated rings. The first-order valence-electron chi connectivity index (χ1n) is 6.42. The van der Waals surface area contributed by atoms with Crippen molar-refractivity contribution in [2.45, 2.75) is 12.7 Å². The molecule has 0 unspecified atom stereocenters. The van der Waals surface area contributed by atoms with E-state index >= 15 is 0 Å². The number of nitrogens with one attached hydrogen (secondary N) is 1. The van der Waals surface area contributed by atoms with Crippen LogP contribution in [0.3, 0.4) is 0 Å². The molecule has 1 amide bonds. The molecule has 1 N–H and O–H groups in total. The molecule has 122 valence electrons. The van der Waals surface area contributed by atoms with Crippen molar-refractivity contribution in [1.29, 1.82) is 0 Å². The maximum Gasteiger partial charge on any atom is 0.405 e. The highest BCUT2D eigenvalue weighted by Crippen LogP contribution is 2.15. The van der Waals surface area contributed by atoms with E-state index in [0.717, 1.165) is 10.7 Å². The lowest BCUT2D eigenvalue weighted by molar-refractivity contribution is -0.138. The van der Waals surface area contributed by atoms with Gasteiger partial charge < -0.3 is 5.32 Å². The lowest BCUT2D eigenvalue weighted by atomic mass is 10.1. The van der Waals surface area contributed by atoms with Gasteiger partial charge in [0.05, 0.1) is 5.69 Å². The van der Waals surface area contributed by atoms with E-state index in [2.05, 4.69) is 5.10 Å². The number of rotatable bonds is 4. The zero-order valence-corrected chi connectivity index (χ0v) is 11.6. The van der Waals surface area contributed by atoms with E-state index in [1.807, 2.05) is 0 Å². The molecule has 0 radical (unpaired) electrons. The maximum absolute atomic E-state index is 12.9. The summed E-state index contributed by atoms with van der Waals surface area (Å²) in [6.45, 7) is -2.14. The van der Waals surface area contributed by atoms with Gasteiger partial charge in [-0.15, -0.1) is 0 Å². The fourth-order valence-electron chi connectivity index (χ4n) is 1.73. The number of nitrogens with zero attached hydrogens (tertiary/aromatic N) is 2. The Morgan fingerprint density at radius 3 is 2.39 bits per heavy atom. The zero-order valence-electron chi connectivity index (χ0n) is 11.6. The van der Waals surface area contributed by atoms with Crippen molar-refractivity contribution in [3.05, 3.63) is 52.6 Å². The summed E-state index contributed by atoms with van der Waals surface area (Å²) in [5.74, 6) is -1.44. The molecular weight excluding hydrogens is 318 g/mol. The van der Waals surface area contributed by atoms with Gasteiger partial charge >= 0.3 is 6.18 Å². The summed E-state index contributed by atoms with van der Waals surface area (Å²) in [6.07, 6.45) is -4.54. The smallest absolute Gasteiger partial charge is 0.345 e. The minimum atomic E-state index is -4.54. The molecule has 9 heteroatoms. The lowest BCUT2D eigenvalue weighted by Crippen LogP contribution is -2.38. The van der Waals surface area contributed by atoms with Crippen LogP contribution < -0.4 is 10.9 Å². The Kier molecular flexibility index (Phi) is 4.77. The predicted molar refractivity (Wildman–Crippen MR) is 73.0 cm³/mol. The Bertz CT molecular complexity index is 754. The second-order valence-electron chi connectivity index (χ2n) is 4.61. The van der Waals surface area contributed by atoms with Crippen LogP contribution in [0.4, 0.5) is 17.6 Å². The van der Waals surface area contributed by atoms with Crippen molar-refractivity contribution < 1.29 is 22.4 Å². The van der Waals surface area contributed by atoms with Gasteiger partial charge in [-0.1, -0.05) is 0 Å². The molecule has 0 spiro atoms. The monoisotopic (exact) mass is 329 g/mol. The first kappa shape index (κ1) is 16.7. The average molecular weight is 329 g/mol. The average Bonchev–Trinajstić information content (AvgIpc) is 2.48. The van der Waals surface area contributed by atoms with Gasteiger partial charge in [-0.05, 0) is 30.3 Å². The van der Waals surface area contributed by atoms with Gasteiger partial charge in [0.2, 0.25) is 5.91 Å². The summed E-state index contributed by atoms with van der Waals surface area (Å²) in [7, 11) is 0. The summed E-state index contributed by atoms with van der Waals surface area (Å²) in [5.41, 5.74) is 0.141. The Morgan fingerprint density at radius 2 is 1.78 bits per heavy atom. The van der Waals surface area contributed by atoms with Crippen LogP contribution in [-0.4, -0.2) is 28.4 Å². The van der Waals surface area contributed by atoms with E-state index in [0.29, 0.717) is 5.56 Å².